The molecule has 1 aliphatic heterocycles. The molecule has 0 radical (unpaired) electrons. The van der Waals surface area contributed by atoms with Gasteiger partial charge in [-0.25, -0.2) is 5.43 Å². The van der Waals surface area contributed by atoms with Crippen LogP contribution >= 0.6 is 0 Å². The van der Waals surface area contributed by atoms with Crippen molar-refractivity contribution in [3.8, 4) is 5.75 Å². The fourth-order valence-corrected chi connectivity index (χ4v) is 3.37. The number of fused-ring (bicyclic) bond motifs is 1. The van der Waals surface area contributed by atoms with Crippen molar-refractivity contribution >= 4 is 28.7 Å². The number of hydrogen-bond donors (Lipinski definition) is 1. The lowest BCUT2D eigenvalue weighted by molar-refractivity contribution is -0.123. The Kier molecular flexibility index (Phi) is 6.20. The molecule has 1 aliphatic rings. The second kappa shape index (κ2) is 9.37. The minimum atomic E-state index is -0.332. The van der Waals surface area contributed by atoms with Crippen LogP contribution in [-0.4, -0.2) is 50.0 Å². The number of ether oxygens (including phenoxy) is 2. The predicted molar refractivity (Wildman–Crippen MR) is 117 cm³/mol. The van der Waals surface area contributed by atoms with Gasteiger partial charge in [0.1, 0.15) is 11.3 Å². The molecule has 0 aliphatic carbocycles. The number of hydrazone groups is 1. The summed E-state index contributed by atoms with van der Waals surface area (Å²) < 4.78 is 11.0. The topological polar surface area (TPSA) is 76.0 Å². The van der Waals surface area contributed by atoms with E-state index >= 15 is 0 Å². The molecule has 0 spiro atoms. The van der Waals surface area contributed by atoms with Crippen molar-refractivity contribution in [3.05, 3.63) is 65.9 Å². The van der Waals surface area contributed by atoms with E-state index < -0.39 is 0 Å². The smallest absolute Gasteiger partial charge is 0.277 e. The van der Waals surface area contributed by atoms with Crippen LogP contribution in [0.1, 0.15) is 11.1 Å². The van der Waals surface area contributed by atoms with Crippen LogP contribution in [0.3, 0.4) is 0 Å². The number of rotatable bonds is 6. The van der Waals surface area contributed by atoms with Gasteiger partial charge in [0, 0.05) is 30.4 Å². The molecular formula is C23H24N4O3. The lowest BCUT2D eigenvalue weighted by Gasteiger charge is -2.29. The van der Waals surface area contributed by atoms with E-state index in [1.54, 1.807) is 18.5 Å². The minimum Gasteiger partial charge on any atom is -0.481 e. The van der Waals surface area contributed by atoms with E-state index in [4.69, 9.17) is 9.47 Å². The normalized spacial score (nSPS) is 14.2. The van der Waals surface area contributed by atoms with E-state index in [0.717, 1.165) is 48.3 Å². The zero-order valence-electron chi connectivity index (χ0n) is 16.9. The average molecular weight is 404 g/mol. The van der Waals surface area contributed by atoms with Crippen molar-refractivity contribution in [2.24, 2.45) is 5.10 Å². The van der Waals surface area contributed by atoms with E-state index in [9.17, 15) is 4.79 Å². The highest BCUT2D eigenvalue weighted by molar-refractivity contribution is 5.86. The van der Waals surface area contributed by atoms with Crippen molar-refractivity contribution in [1.29, 1.82) is 0 Å². The van der Waals surface area contributed by atoms with Gasteiger partial charge in [0.05, 0.1) is 19.4 Å². The maximum absolute atomic E-state index is 12.1. The fourth-order valence-electron chi connectivity index (χ4n) is 3.37. The summed E-state index contributed by atoms with van der Waals surface area (Å²) in [6.45, 7) is 5.20. The van der Waals surface area contributed by atoms with Crippen LogP contribution in [0.2, 0.25) is 0 Å². The van der Waals surface area contributed by atoms with Crippen molar-refractivity contribution in [3.63, 3.8) is 0 Å². The number of anilines is 1. The zero-order chi connectivity index (χ0) is 20.8. The van der Waals surface area contributed by atoms with Gasteiger partial charge in [-0.1, -0.05) is 24.3 Å². The SMILES string of the molecule is Cc1cc(N2CCOCC2)ccc1/C=N\NC(=O)COc1cccc2cccnc12. The third-order valence-corrected chi connectivity index (χ3v) is 4.98. The number of carbonyl (C=O) groups is 1. The van der Waals surface area contributed by atoms with E-state index in [0.29, 0.717) is 5.75 Å². The highest BCUT2D eigenvalue weighted by atomic mass is 16.5. The number of hydrogen-bond acceptors (Lipinski definition) is 6. The first kappa shape index (κ1) is 19.8. The summed E-state index contributed by atoms with van der Waals surface area (Å²) in [5, 5.41) is 5.03. The van der Waals surface area contributed by atoms with Crippen molar-refractivity contribution in [2.75, 3.05) is 37.8 Å². The molecule has 1 aromatic heterocycles. The Morgan fingerprint density at radius 3 is 2.90 bits per heavy atom. The summed E-state index contributed by atoms with van der Waals surface area (Å²) in [6.07, 6.45) is 3.35. The van der Waals surface area contributed by atoms with Gasteiger partial charge in [-0.2, -0.15) is 5.10 Å². The quantitative estimate of drug-likeness (QED) is 0.505. The predicted octanol–water partition coefficient (Wildman–Crippen LogP) is 2.91. The van der Waals surface area contributed by atoms with Crippen LogP contribution in [-0.2, 0) is 9.53 Å². The standard InChI is InChI=1S/C23H24N4O3/c1-17-14-20(27-10-12-29-13-11-27)8-7-19(17)15-25-26-22(28)16-30-21-6-2-4-18-5-3-9-24-23(18)21/h2-9,14-15H,10-13,16H2,1H3,(H,26,28)/b25-15-. The molecule has 1 fully saturated rings. The Bertz CT molecular complexity index is 1060. The van der Waals surface area contributed by atoms with E-state index in [1.165, 1.54) is 5.69 Å². The summed E-state index contributed by atoms with van der Waals surface area (Å²) in [5.41, 5.74) is 6.46. The molecule has 3 aromatic rings. The van der Waals surface area contributed by atoms with Gasteiger partial charge < -0.3 is 14.4 Å². The number of morpholine rings is 1. The summed E-state index contributed by atoms with van der Waals surface area (Å²) >= 11 is 0. The summed E-state index contributed by atoms with van der Waals surface area (Å²) in [5.74, 6) is 0.239. The Morgan fingerprint density at radius 2 is 2.07 bits per heavy atom. The van der Waals surface area contributed by atoms with Crippen molar-refractivity contribution < 1.29 is 14.3 Å². The molecule has 0 bridgehead atoms. The number of benzene rings is 2. The lowest BCUT2D eigenvalue weighted by atomic mass is 10.1. The maximum Gasteiger partial charge on any atom is 0.277 e. The number of nitrogens with one attached hydrogen (secondary N) is 1. The lowest BCUT2D eigenvalue weighted by Crippen LogP contribution is -2.36. The van der Waals surface area contributed by atoms with Crippen molar-refractivity contribution in [1.82, 2.24) is 10.4 Å². The number of aryl methyl sites for hydroxylation is 1. The number of pyridine rings is 1. The molecule has 154 valence electrons. The zero-order valence-corrected chi connectivity index (χ0v) is 16.9. The van der Waals surface area contributed by atoms with E-state index in [1.807, 2.05) is 37.3 Å². The molecule has 1 saturated heterocycles. The van der Waals surface area contributed by atoms with Crippen molar-refractivity contribution in [2.45, 2.75) is 6.92 Å². The number of carbonyl (C=O) groups excluding carboxylic acids is 1. The second-order valence-electron chi connectivity index (χ2n) is 7.05. The molecule has 4 rings (SSSR count). The highest BCUT2D eigenvalue weighted by Gasteiger charge is 2.12. The summed E-state index contributed by atoms with van der Waals surface area (Å²) in [4.78, 5) is 18.7. The number of aromatic nitrogens is 1. The molecule has 7 nitrogen and oxygen atoms in total. The minimum absolute atomic E-state index is 0.137. The molecule has 0 saturated carbocycles. The Hall–Kier alpha value is -3.45. The number of amides is 1. The van der Waals surface area contributed by atoms with Crippen LogP contribution in [0.15, 0.2) is 59.8 Å². The Morgan fingerprint density at radius 1 is 1.23 bits per heavy atom. The molecule has 2 heterocycles. The highest BCUT2D eigenvalue weighted by Crippen LogP contribution is 2.23. The molecular weight excluding hydrogens is 380 g/mol. The van der Waals surface area contributed by atoms with E-state index in [2.05, 4.69) is 32.5 Å². The van der Waals surface area contributed by atoms with E-state index in [-0.39, 0.29) is 12.5 Å². The molecule has 0 unspecified atom stereocenters. The molecule has 0 atom stereocenters. The molecule has 1 N–H and O–H groups in total. The van der Waals surface area contributed by atoms with Crippen LogP contribution in [0.25, 0.3) is 10.9 Å². The van der Waals surface area contributed by atoms with Gasteiger partial charge in [0.2, 0.25) is 0 Å². The molecule has 30 heavy (non-hydrogen) atoms. The largest absolute Gasteiger partial charge is 0.481 e. The number of para-hydroxylation sites is 1. The Balaban J connectivity index is 1.32. The van der Waals surface area contributed by atoms with Gasteiger partial charge in [-0.3, -0.25) is 9.78 Å². The average Bonchev–Trinajstić information content (AvgIpc) is 2.79. The van der Waals surface area contributed by atoms with Crippen LogP contribution in [0.5, 0.6) is 5.75 Å². The maximum atomic E-state index is 12.1. The molecule has 2 aromatic carbocycles. The third kappa shape index (κ3) is 4.75. The van der Waals surface area contributed by atoms with Crippen LogP contribution in [0.4, 0.5) is 5.69 Å². The Labute approximate surface area is 175 Å². The monoisotopic (exact) mass is 404 g/mol. The number of nitrogens with zero attached hydrogens (tertiary/aromatic N) is 3. The summed E-state index contributed by atoms with van der Waals surface area (Å²) in [6, 6.07) is 15.6. The van der Waals surface area contributed by atoms with Gasteiger partial charge >= 0.3 is 0 Å². The van der Waals surface area contributed by atoms with Gasteiger partial charge in [-0.15, -0.1) is 0 Å². The first-order valence-corrected chi connectivity index (χ1v) is 9.92. The van der Waals surface area contributed by atoms with Gasteiger partial charge in [0.15, 0.2) is 6.61 Å². The summed E-state index contributed by atoms with van der Waals surface area (Å²) in [7, 11) is 0. The van der Waals surface area contributed by atoms with Crippen LogP contribution < -0.4 is 15.1 Å². The molecule has 7 heteroatoms. The van der Waals surface area contributed by atoms with Crippen LogP contribution in [0, 0.1) is 6.92 Å². The molecule has 1 amide bonds. The fraction of sp³-hybridized carbons (Fsp3) is 0.261. The first-order chi connectivity index (χ1) is 14.7. The van der Waals surface area contributed by atoms with Gasteiger partial charge in [0.25, 0.3) is 5.91 Å². The third-order valence-electron chi connectivity index (χ3n) is 4.98. The van der Waals surface area contributed by atoms with Gasteiger partial charge in [-0.05, 0) is 42.3 Å². The second-order valence-corrected chi connectivity index (χ2v) is 7.05. The first-order valence-electron chi connectivity index (χ1n) is 9.92.